The summed E-state index contributed by atoms with van der Waals surface area (Å²) >= 11 is -2.54. The van der Waals surface area contributed by atoms with Gasteiger partial charge in [-0.25, -0.2) is 20.2 Å². The van der Waals surface area contributed by atoms with Gasteiger partial charge in [-0.2, -0.15) is 0 Å². The third-order valence-corrected chi connectivity index (χ3v) is 4.22. The molecule has 0 fully saturated rings. The van der Waals surface area contributed by atoms with Gasteiger partial charge < -0.3 is 19.3 Å². The third-order valence-electron chi connectivity index (χ3n) is 3.69. The first kappa shape index (κ1) is 17.9. The van der Waals surface area contributed by atoms with Gasteiger partial charge >= 0.3 is 0 Å². The molecule has 0 aliphatic carbocycles. The van der Waals surface area contributed by atoms with Gasteiger partial charge in [0, 0.05) is 17.1 Å². The van der Waals surface area contributed by atoms with Gasteiger partial charge in [-0.3, -0.25) is 4.21 Å². The van der Waals surface area contributed by atoms with Crippen LogP contribution in [0.2, 0.25) is 0 Å². The minimum Gasteiger partial charge on any atom is -0.754 e. The summed E-state index contributed by atoms with van der Waals surface area (Å²) in [7, 11) is 3.11. The van der Waals surface area contributed by atoms with Crippen molar-refractivity contribution in [3.05, 3.63) is 42.7 Å². The SMILES string of the molecule is COc1cc2ncnc(Nc3ccc(N(N)S(=O)[O-])cc3)c2cc1OC. The van der Waals surface area contributed by atoms with E-state index in [-0.39, 0.29) is 0 Å². The zero-order valence-corrected chi connectivity index (χ0v) is 14.8. The number of hydrogen-bond donors (Lipinski definition) is 2. The zero-order valence-electron chi connectivity index (χ0n) is 14.0. The predicted molar refractivity (Wildman–Crippen MR) is 98.0 cm³/mol. The summed E-state index contributed by atoms with van der Waals surface area (Å²) in [5.41, 5.74) is 1.73. The predicted octanol–water partition coefficient (Wildman–Crippen LogP) is 1.86. The molecular weight excluding hydrogens is 358 g/mol. The summed E-state index contributed by atoms with van der Waals surface area (Å²) in [5.74, 6) is 7.13. The molecule has 2 aromatic carbocycles. The van der Waals surface area contributed by atoms with E-state index in [1.165, 1.54) is 6.33 Å². The third kappa shape index (κ3) is 3.52. The van der Waals surface area contributed by atoms with E-state index in [0.29, 0.717) is 38.6 Å². The van der Waals surface area contributed by atoms with E-state index in [1.807, 2.05) is 0 Å². The summed E-state index contributed by atoms with van der Waals surface area (Å²) in [5, 5.41) is 3.92. The van der Waals surface area contributed by atoms with Crippen LogP contribution in [0.4, 0.5) is 17.2 Å². The number of ether oxygens (including phenoxy) is 2. The number of methoxy groups -OCH3 is 2. The van der Waals surface area contributed by atoms with Crippen molar-refractivity contribution in [1.29, 1.82) is 0 Å². The smallest absolute Gasteiger partial charge is 0.162 e. The minimum absolute atomic E-state index is 0.336. The standard InChI is InChI=1S/C16H17N5O4S/c1-24-14-7-12-13(8-15(14)25-2)18-9-19-16(12)20-10-3-5-11(6-4-10)21(17)26(22)23/h3-9H,17H2,1-2H3,(H,22,23)(H,18,19,20)/p-1. The molecule has 10 heteroatoms. The lowest BCUT2D eigenvalue weighted by molar-refractivity contribution is 0.356. The quantitative estimate of drug-likeness (QED) is 0.380. The Morgan fingerprint density at radius 3 is 2.38 bits per heavy atom. The highest BCUT2D eigenvalue weighted by molar-refractivity contribution is 7.80. The molecule has 1 unspecified atom stereocenters. The summed E-state index contributed by atoms with van der Waals surface area (Å²) < 4.78 is 33.0. The van der Waals surface area contributed by atoms with Crippen LogP contribution in [0.1, 0.15) is 0 Å². The average molecular weight is 374 g/mol. The maximum Gasteiger partial charge on any atom is 0.162 e. The Morgan fingerprint density at radius 2 is 1.77 bits per heavy atom. The fourth-order valence-corrected chi connectivity index (χ4v) is 2.69. The molecule has 9 nitrogen and oxygen atoms in total. The Morgan fingerprint density at radius 1 is 1.12 bits per heavy atom. The lowest BCUT2D eigenvalue weighted by Gasteiger charge is -2.20. The maximum atomic E-state index is 10.9. The minimum atomic E-state index is -2.54. The lowest BCUT2D eigenvalue weighted by Crippen LogP contribution is -2.32. The van der Waals surface area contributed by atoms with Gasteiger partial charge in [0.1, 0.15) is 12.1 Å². The molecule has 3 rings (SSSR count). The van der Waals surface area contributed by atoms with Crippen molar-refractivity contribution in [2.24, 2.45) is 5.84 Å². The molecule has 3 aromatic rings. The molecule has 0 aliphatic heterocycles. The molecule has 0 saturated heterocycles. The van der Waals surface area contributed by atoms with E-state index >= 15 is 0 Å². The van der Waals surface area contributed by atoms with Gasteiger partial charge in [-0.1, -0.05) is 0 Å². The van der Waals surface area contributed by atoms with Gasteiger partial charge in [0.15, 0.2) is 11.5 Å². The molecule has 26 heavy (non-hydrogen) atoms. The number of anilines is 3. The number of hydrogen-bond acceptors (Lipinski definition) is 8. The van der Waals surface area contributed by atoms with Crippen molar-refractivity contribution in [3.8, 4) is 11.5 Å². The number of aromatic nitrogens is 2. The van der Waals surface area contributed by atoms with Crippen LogP contribution in [-0.4, -0.2) is 32.9 Å². The van der Waals surface area contributed by atoms with Crippen molar-refractivity contribution in [1.82, 2.24) is 9.97 Å². The summed E-state index contributed by atoms with van der Waals surface area (Å²) in [6.45, 7) is 0. The topological polar surface area (TPSA) is 126 Å². The maximum absolute atomic E-state index is 10.9. The summed E-state index contributed by atoms with van der Waals surface area (Å²) in [6.07, 6.45) is 1.44. The van der Waals surface area contributed by atoms with Gasteiger partial charge in [0.2, 0.25) is 0 Å². The molecule has 0 bridgehead atoms. The molecule has 3 N–H and O–H groups in total. The first-order valence-corrected chi connectivity index (χ1v) is 8.44. The van der Waals surface area contributed by atoms with Crippen LogP contribution in [0.15, 0.2) is 42.7 Å². The number of rotatable bonds is 6. The molecule has 0 saturated carbocycles. The number of nitrogens with one attached hydrogen (secondary N) is 1. The molecule has 0 radical (unpaired) electrons. The number of fused-ring (bicyclic) bond motifs is 1. The van der Waals surface area contributed by atoms with E-state index < -0.39 is 11.3 Å². The van der Waals surface area contributed by atoms with Crippen molar-refractivity contribution >= 4 is 39.4 Å². The van der Waals surface area contributed by atoms with E-state index in [9.17, 15) is 8.76 Å². The Bertz CT molecular complexity index is 951. The molecule has 136 valence electrons. The van der Waals surface area contributed by atoms with E-state index in [0.717, 1.165) is 5.39 Å². The lowest BCUT2D eigenvalue weighted by atomic mass is 10.2. The van der Waals surface area contributed by atoms with Gasteiger partial charge in [-0.05, 0) is 30.3 Å². The van der Waals surface area contributed by atoms with Gasteiger partial charge in [0.25, 0.3) is 0 Å². The van der Waals surface area contributed by atoms with Crippen molar-refractivity contribution in [3.63, 3.8) is 0 Å². The summed E-state index contributed by atoms with van der Waals surface area (Å²) in [6, 6.07) is 10.1. The number of nitrogens with zero attached hydrogens (tertiary/aromatic N) is 3. The highest BCUT2D eigenvalue weighted by Crippen LogP contribution is 2.34. The highest BCUT2D eigenvalue weighted by Gasteiger charge is 2.11. The summed E-state index contributed by atoms with van der Waals surface area (Å²) in [4.78, 5) is 8.51. The molecule has 1 atom stereocenters. The van der Waals surface area contributed by atoms with Gasteiger partial charge in [-0.15, -0.1) is 0 Å². The normalized spacial score (nSPS) is 11.8. The number of nitrogens with two attached hydrogens (primary N) is 1. The monoisotopic (exact) mass is 374 g/mol. The van der Waals surface area contributed by atoms with E-state index in [1.54, 1.807) is 50.6 Å². The van der Waals surface area contributed by atoms with Crippen LogP contribution in [0.25, 0.3) is 10.9 Å². The van der Waals surface area contributed by atoms with Crippen molar-refractivity contribution in [2.45, 2.75) is 0 Å². The molecular formula is C16H16N5O4S-. The first-order valence-electron chi connectivity index (χ1n) is 7.41. The second kappa shape index (κ2) is 7.52. The molecule has 1 aromatic heterocycles. The highest BCUT2D eigenvalue weighted by atomic mass is 32.2. The van der Waals surface area contributed by atoms with Crippen molar-refractivity contribution < 1.29 is 18.2 Å². The largest absolute Gasteiger partial charge is 0.754 e. The second-order valence-electron chi connectivity index (χ2n) is 5.16. The van der Waals surface area contributed by atoms with Crippen LogP contribution in [0, 0.1) is 0 Å². The van der Waals surface area contributed by atoms with E-state index in [2.05, 4.69) is 15.3 Å². The molecule has 0 spiro atoms. The Labute approximate surface area is 152 Å². The Hall–Kier alpha value is -2.95. The molecule has 0 aliphatic rings. The van der Waals surface area contributed by atoms with E-state index in [4.69, 9.17) is 15.3 Å². The van der Waals surface area contributed by atoms with Crippen LogP contribution in [-0.2, 0) is 11.3 Å². The first-order chi connectivity index (χ1) is 12.5. The fourth-order valence-electron chi connectivity index (χ4n) is 2.40. The second-order valence-corrected chi connectivity index (χ2v) is 5.99. The van der Waals surface area contributed by atoms with Crippen LogP contribution in [0.3, 0.4) is 0 Å². The molecule has 0 amide bonds. The van der Waals surface area contributed by atoms with Crippen LogP contribution < -0.4 is 25.0 Å². The van der Waals surface area contributed by atoms with Gasteiger partial charge in [0.05, 0.1) is 36.7 Å². The molecule has 1 heterocycles. The Kier molecular flexibility index (Phi) is 5.16. The van der Waals surface area contributed by atoms with Crippen LogP contribution in [0.5, 0.6) is 11.5 Å². The average Bonchev–Trinajstić information content (AvgIpc) is 2.67. The van der Waals surface area contributed by atoms with Crippen molar-refractivity contribution in [2.75, 3.05) is 24.0 Å². The van der Waals surface area contributed by atoms with Crippen LogP contribution >= 0.6 is 0 Å². The number of hydrazine groups is 1. The Balaban J connectivity index is 1.94. The fraction of sp³-hybridized carbons (Fsp3) is 0.125. The zero-order chi connectivity index (χ0) is 18.7. The number of benzene rings is 2.